The number of benzene rings is 1. The van der Waals surface area contributed by atoms with Crippen molar-refractivity contribution in [3.05, 3.63) is 56.6 Å². The van der Waals surface area contributed by atoms with Gasteiger partial charge in [0.2, 0.25) is 0 Å². The molecule has 1 unspecified atom stereocenters. The number of allylic oxidation sites excluding steroid dienone is 2. The summed E-state index contributed by atoms with van der Waals surface area (Å²) in [6.07, 6.45) is -5.97. The first-order chi connectivity index (χ1) is 15.4. The Bertz CT molecular complexity index is 1050. The van der Waals surface area contributed by atoms with Gasteiger partial charge in [0, 0.05) is 11.3 Å². The van der Waals surface area contributed by atoms with Crippen molar-refractivity contribution in [1.82, 2.24) is 5.32 Å². The number of hydrogen-bond donors (Lipinski definition) is 1. The Morgan fingerprint density at radius 2 is 1.88 bits per heavy atom. The Morgan fingerprint density at radius 1 is 1.24 bits per heavy atom. The van der Waals surface area contributed by atoms with Gasteiger partial charge in [-0.25, -0.2) is 18.4 Å². The monoisotopic (exact) mass is 513 g/mol. The van der Waals surface area contributed by atoms with Gasteiger partial charge in [-0.1, -0.05) is 11.6 Å². The maximum absolute atomic E-state index is 15.0. The van der Waals surface area contributed by atoms with Gasteiger partial charge in [-0.05, 0) is 30.2 Å². The molecule has 1 N–H and O–H groups in total. The largest absolute Gasteiger partial charge is 0.616 e. The first-order valence-electron chi connectivity index (χ1n) is 9.36. The highest BCUT2D eigenvalue weighted by Gasteiger charge is 2.47. The van der Waals surface area contributed by atoms with Crippen LogP contribution in [0.2, 0.25) is 5.02 Å². The number of methoxy groups -OCH3 is 1. The van der Waals surface area contributed by atoms with Crippen molar-refractivity contribution < 1.29 is 45.6 Å². The van der Waals surface area contributed by atoms with Crippen LogP contribution in [0.25, 0.3) is 0 Å². The van der Waals surface area contributed by atoms with E-state index in [1.807, 2.05) is 0 Å². The third-order valence-corrected chi connectivity index (χ3v) is 6.94. The number of halogens is 6. The molecule has 13 heteroatoms. The Labute approximate surface area is 192 Å². The summed E-state index contributed by atoms with van der Waals surface area (Å²) in [6.45, 7) is -0.117. The fourth-order valence-corrected chi connectivity index (χ4v) is 4.84. The van der Waals surface area contributed by atoms with Crippen LogP contribution in [-0.2, 0) is 36.4 Å². The second-order valence-electron chi connectivity index (χ2n) is 7.23. The summed E-state index contributed by atoms with van der Waals surface area (Å²) in [5.74, 6) is -5.90. The van der Waals surface area contributed by atoms with Crippen molar-refractivity contribution in [2.45, 2.75) is 25.1 Å². The number of carbonyl (C=O) groups excluding carboxylic acids is 2. The van der Waals surface area contributed by atoms with E-state index in [4.69, 9.17) is 16.3 Å². The van der Waals surface area contributed by atoms with Crippen LogP contribution in [0.15, 0.2) is 34.7 Å². The first kappa shape index (κ1) is 25.3. The minimum Gasteiger partial charge on any atom is -0.616 e. The average molecular weight is 514 g/mol. The van der Waals surface area contributed by atoms with E-state index in [9.17, 15) is 31.7 Å². The number of nitrogens with one attached hydrogen (secondary N) is 1. The van der Waals surface area contributed by atoms with Gasteiger partial charge in [-0.2, -0.15) is 13.2 Å². The topological polar surface area (TPSA) is 87.7 Å². The Balaban J connectivity index is 2.28. The minimum atomic E-state index is -5.19. The summed E-state index contributed by atoms with van der Waals surface area (Å²) in [5, 5.41) is 1.57. The third kappa shape index (κ3) is 4.82. The molecule has 2 heterocycles. The number of dihydropyridines is 1. The fourth-order valence-electron chi connectivity index (χ4n) is 3.70. The van der Waals surface area contributed by atoms with Crippen LogP contribution in [0.5, 0.6) is 0 Å². The summed E-state index contributed by atoms with van der Waals surface area (Å²) in [5.41, 5.74) is -4.72. The summed E-state index contributed by atoms with van der Waals surface area (Å²) in [4.78, 5) is 25.5. The zero-order chi connectivity index (χ0) is 24.7. The molecular formula is C20H17ClF5NO5S. The molecule has 6 nitrogen and oxygen atoms in total. The summed E-state index contributed by atoms with van der Waals surface area (Å²) >= 11 is 4.55. The van der Waals surface area contributed by atoms with Crippen LogP contribution in [0, 0.1) is 5.82 Å². The van der Waals surface area contributed by atoms with Crippen molar-refractivity contribution >= 4 is 34.7 Å². The van der Waals surface area contributed by atoms with E-state index in [2.05, 4.69) is 10.1 Å². The molecular weight excluding hydrogens is 497 g/mol. The van der Waals surface area contributed by atoms with Gasteiger partial charge in [0.1, 0.15) is 24.0 Å². The molecule has 0 radical (unpaired) electrons. The van der Waals surface area contributed by atoms with E-state index in [0.29, 0.717) is 12.1 Å². The van der Waals surface area contributed by atoms with Gasteiger partial charge in [-0.15, -0.1) is 0 Å². The van der Waals surface area contributed by atoms with Gasteiger partial charge < -0.3 is 19.3 Å². The van der Waals surface area contributed by atoms with E-state index < -0.39 is 86.8 Å². The van der Waals surface area contributed by atoms with Gasteiger partial charge in [0.25, 0.3) is 0 Å². The average Bonchev–Trinajstić information content (AvgIpc) is 2.71. The molecule has 2 aliphatic heterocycles. The highest BCUT2D eigenvalue weighted by molar-refractivity contribution is 7.92. The smallest absolute Gasteiger partial charge is 0.418 e. The molecule has 180 valence electrons. The molecule has 1 atom stereocenters. The third-order valence-electron chi connectivity index (χ3n) is 5.13. The summed E-state index contributed by atoms with van der Waals surface area (Å²) < 4.78 is 91.8. The van der Waals surface area contributed by atoms with E-state index in [-0.39, 0.29) is 17.2 Å². The van der Waals surface area contributed by atoms with Crippen molar-refractivity contribution in [1.29, 1.82) is 0 Å². The van der Waals surface area contributed by atoms with Gasteiger partial charge >= 0.3 is 18.1 Å². The van der Waals surface area contributed by atoms with Crippen LogP contribution in [0.1, 0.15) is 24.0 Å². The highest BCUT2D eigenvalue weighted by Crippen LogP contribution is 2.48. The van der Waals surface area contributed by atoms with E-state index in [0.717, 1.165) is 7.11 Å². The molecule has 0 bridgehead atoms. The molecule has 1 fully saturated rings. The number of hydrogen-bond acceptors (Lipinski definition) is 6. The number of alkyl halides is 4. The molecule has 1 aromatic rings. The number of carbonyl (C=O) groups is 2. The fraction of sp³-hybridized carbons (Fsp3) is 0.400. The van der Waals surface area contributed by atoms with Gasteiger partial charge in [0.15, 0.2) is 6.10 Å². The van der Waals surface area contributed by atoms with Crippen LogP contribution < -0.4 is 5.32 Å². The zero-order valence-electron chi connectivity index (χ0n) is 17.1. The van der Waals surface area contributed by atoms with Crippen LogP contribution in [0.4, 0.5) is 22.0 Å². The molecule has 0 amide bonds. The number of rotatable bonds is 5. The van der Waals surface area contributed by atoms with Crippen molar-refractivity contribution in [2.75, 3.05) is 25.3 Å². The molecule has 0 spiro atoms. The lowest BCUT2D eigenvalue weighted by Gasteiger charge is -2.34. The minimum absolute atomic E-state index is 0.0188. The standard InChI is InChI=1S/C20H17ClF5NO5S/c1-8-13(19(29)32-9-6-33(30)7-9)16(15(18(28)31-2)12(5-22)27-8)14-11(23)4-3-10(21)17(14)20(24,25)26/h3-4,9,16,27H,5-7H2,1-2H3/t9-,16?,33-. The van der Waals surface area contributed by atoms with Crippen LogP contribution >= 0.6 is 11.6 Å². The molecule has 1 aromatic carbocycles. The second-order valence-corrected chi connectivity index (χ2v) is 9.18. The zero-order valence-corrected chi connectivity index (χ0v) is 18.7. The number of ether oxygens (including phenoxy) is 2. The van der Waals surface area contributed by atoms with Crippen LogP contribution in [0.3, 0.4) is 0 Å². The molecule has 0 aromatic heterocycles. The highest BCUT2D eigenvalue weighted by atomic mass is 35.5. The molecule has 0 aliphatic carbocycles. The lowest BCUT2D eigenvalue weighted by atomic mass is 9.78. The predicted octanol–water partition coefficient (Wildman–Crippen LogP) is 3.53. The Hall–Kier alpha value is -2.31. The molecule has 1 saturated heterocycles. The normalized spacial score (nSPS) is 23.1. The lowest BCUT2D eigenvalue weighted by Crippen LogP contribution is -2.45. The maximum atomic E-state index is 15.0. The van der Waals surface area contributed by atoms with Gasteiger partial charge in [0.05, 0.1) is 40.5 Å². The Kier molecular flexibility index (Phi) is 7.30. The summed E-state index contributed by atoms with van der Waals surface area (Å²) in [7, 11) is 0.897. The van der Waals surface area contributed by atoms with Crippen LogP contribution in [-0.4, -0.2) is 47.9 Å². The number of esters is 2. The lowest BCUT2D eigenvalue weighted by molar-refractivity contribution is -0.144. The van der Waals surface area contributed by atoms with E-state index >= 15 is 4.39 Å². The summed E-state index contributed by atoms with van der Waals surface area (Å²) in [6, 6.07) is 1.33. The quantitative estimate of drug-likeness (QED) is 0.368. The molecule has 2 aliphatic rings. The van der Waals surface area contributed by atoms with E-state index in [1.165, 1.54) is 6.92 Å². The van der Waals surface area contributed by atoms with Crippen molar-refractivity contribution in [3.63, 3.8) is 0 Å². The maximum Gasteiger partial charge on any atom is 0.418 e. The van der Waals surface area contributed by atoms with Crippen molar-refractivity contribution in [2.24, 2.45) is 0 Å². The van der Waals surface area contributed by atoms with Gasteiger partial charge in [-0.3, -0.25) is 0 Å². The molecule has 33 heavy (non-hydrogen) atoms. The second kappa shape index (κ2) is 9.51. The van der Waals surface area contributed by atoms with Crippen molar-refractivity contribution in [3.8, 4) is 0 Å². The van der Waals surface area contributed by atoms with E-state index in [1.54, 1.807) is 0 Å². The Morgan fingerprint density at radius 3 is 2.39 bits per heavy atom. The molecule has 3 rings (SSSR count). The molecule has 0 saturated carbocycles. The predicted molar refractivity (Wildman–Crippen MR) is 108 cm³/mol. The first-order valence-corrected chi connectivity index (χ1v) is 11.2. The SMILES string of the molecule is COC(=O)C1=C(CF)NC(C)=C(C(=O)O[C@H]2C[S@+]([O-])C2)C1c1c(F)ccc(Cl)c1C(F)(F)F.